The number of esters is 2. The molecule has 0 bridgehead atoms. The Hall–Kier alpha value is -1.06. The molecule has 0 spiro atoms. The first-order valence-corrected chi connectivity index (χ1v) is 5.44. The summed E-state index contributed by atoms with van der Waals surface area (Å²) in [6.07, 6.45) is 3.47. The van der Waals surface area contributed by atoms with Gasteiger partial charge in [-0.2, -0.15) is 0 Å². The normalized spacial score (nSPS) is 25.7. The van der Waals surface area contributed by atoms with Crippen LogP contribution in [-0.2, 0) is 19.1 Å². The molecule has 4 nitrogen and oxygen atoms in total. The van der Waals surface area contributed by atoms with E-state index in [1.165, 1.54) is 7.11 Å². The van der Waals surface area contributed by atoms with Crippen molar-refractivity contribution in [2.24, 2.45) is 5.92 Å². The highest BCUT2D eigenvalue weighted by molar-refractivity contribution is 5.72. The molecule has 0 heterocycles. The van der Waals surface area contributed by atoms with Crippen LogP contribution < -0.4 is 0 Å². The van der Waals surface area contributed by atoms with Crippen LogP contribution in [0.1, 0.15) is 39.0 Å². The number of carbonyl (C=O) groups is 2. The summed E-state index contributed by atoms with van der Waals surface area (Å²) < 4.78 is 9.89. The topological polar surface area (TPSA) is 52.6 Å². The van der Waals surface area contributed by atoms with Gasteiger partial charge in [0, 0.05) is 6.42 Å². The van der Waals surface area contributed by atoms with Gasteiger partial charge in [-0.25, -0.2) is 0 Å². The minimum Gasteiger partial charge on any atom is -0.469 e. The van der Waals surface area contributed by atoms with E-state index in [0.29, 0.717) is 6.42 Å². The average Bonchev–Trinajstić information content (AvgIpc) is 2.29. The molecule has 0 atom stereocenters. The maximum atomic E-state index is 11.2. The summed E-state index contributed by atoms with van der Waals surface area (Å²) in [7, 11) is 1.41. The first-order chi connectivity index (χ1) is 7.17. The molecular weight excluding hydrogens is 196 g/mol. The highest BCUT2D eigenvalue weighted by Crippen LogP contribution is 2.27. The fourth-order valence-electron chi connectivity index (χ4n) is 1.85. The van der Waals surface area contributed by atoms with E-state index in [-0.39, 0.29) is 24.0 Å². The number of methoxy groups -OCH3 is 1. The number of ether oxygens (including phenoxy) is 2. The zero-order chi connectivity index (χ0) is 11.3. The first-order valence-electron chi connectivity index (χ1n) is 5.44. The lowest BCUT2D eigenvalue weighted by Crippen LogP contribution is -2.28. The Labute approximate surface area is 89.9 Å². The highest BCUT2D eigenvalue weighted by atomic mass is 16.5. The zero-order valence-electron chi connectivity index (χ0n) is 9.32. The fourth-order valence-corrected chi connectivity index (χ4v) is 1.85. The summed E-state index contributed by atoms with van der Waals surface area (Å²) in [4.78, 5) is 22.3. The van der Waals surface area contributed by atoms with Crippen molar-refractivity contribution < 1.29 is 19.1 Å². The van der Waals surface area contributed by atoms with E-state index in [0.717, 1.165) is 25.7 Å². The van der Waals surface area contributed by atoms with E-state index in [4.69, 9.17) is 4.74 Å². The van der Waals surface area contributed by atoms with Crippen molar-refractivity contribution in [3.05, 3.63) is 0 Å². The Kier molecular flexibility index (Phi) is 4.59. The molecule has 0 unspecified atom stereocenters. The van der Waals surface area contributed by atoms with E-state index < -0.39 is 0 Å². The molecule has 0 amide bonds. The summed E-state index contributed by atoms with van der Waals surface area (Å²) in [5.41, 5.74) is 0. The molecule has 15 heavy (non-hydrogen) atoms. The summed E-state index contributed by atoms with van der Waals surface area (Å²) in [5.74, 6) is -0.307. The van der Waals surface area contributed by atoms with Crippen molar-refractivity contribution >= 4 is 11.9 Å². The van der Waals surface area contributed by atoms with Crippen molar-refractivity contribution in [1.29, 1.82) is 0 Å². The smallest absolute Gasteiger partial charge is 0.308 e. The van der Waals surface area contributed by atoms with E-state index in [1.54, 1.807) is 6.92 Å². The molecule has 0 aromatic rings. The largest absolute Gasteiger partial charge is 0.469 e. The number of hydrogen-bond donors (Lipinski definition) is 0. The van der Waals surface area contributed by atoms with Crippen LogP contribution in [-0.4, -0.2) is 25.2 Å². The molecule has 0 saturated heterocycles. The van der Waals surface area contributed by atoms with Gasteiger partial charge in [-0.3, -0.25) is 9.59 Å². The van der Waals surface area contributed by atoms with Gasteiger partial charge in [-0.05, 0) is 25.7 Å². The quantitative estimate of drug-likeness (QED) is 0.670. The van der Waals surface area contributed by atoms with Gasteiger partial charge in [0.2, 0.25) is 0 Å². The minimum atomic E-state index is -0.156. The van der Waals surface area contributed by atoms with Crippen LogP contribution in [0.2, 0.25) is 0 Å². The lowest BCUT2D eigenvalue weighted by Gasteiger charge is -2.26. The van der Waals surface area contributed by atoms with E-state index in [2.05, 4.69) is 4.74 Å². The average molecular weight is 214 g/mol. The maximum absolute atomic E-state index is 11.2. The van der Waals surface area contributed by atoms with Crippen LogP contribution in [0.4, 0.5) is 0 Å². The van der Waals surface area contributed by atoms with Crippen LogP contribution in [0.3, 0.4) is 0 Å². The summed E-state index contributed by atoms with van der Waals surface area (Å²) >= 11 is 0. The van der Waals surface area contributed by atoms with Gasteiger partial charge in [0.25, 0.3) is 0 Å². The maximum Gasteiger partial charge on any atom is 0.308 e. The van der Waals surface area contributed by atoms with Crippen LogP contribution in [0, 0.1) is 5.92 Å². The van der Waals surface area contributed by atoms with Crippen molar-refractivity contribution in [2.75, 3.05) is 7.11 Å². The van der Waals surface area contributed by atoms with Crippen molar-refractivity contribution in [3.8, 4) is 0 Å². The van der Waals surface area contributed by atoms with Gasteiger partial charge in [0.05, 0.1) is 13.0 Å². The Morgan fingerprint density at radius 1 is 1.20 bits per heavy atom. The summed E-state index contributed by atoms with van der Waals surface area (Å²) in [6.45, 7) is 1.78. The number of hydrogen-bond acceptors (Lipinski definition) is 4. The molecule has 1 rings (SSSR count). The van der Waals surface area contributed by atoms with Crippen LogP contribution in [0.15, 0.2) is 0 Å². The second kappa shape index (κ2) is 5.73. The fraction of sp³-hybridized carbons (Fsp3) is 0.818. The molecule has 1 saturated carbocycles. The third kappa shape index (κ3) is 3.53. The molecule has 1 aliphatic rings. The zero-order valence-corrected chi connectivity index (χ0v) is 9.32. The lowest BCUT2D eigenvalue weighted by molar-refractivity contribution is -0.153. The Morgan fingerprint density at radius 2 is 1.80 bits per heavy atom. The molecule has 0 aromatic heterocycles. The predicted molar refractivity (Wildman–Crippen MR) is 54.1 cm³/mol. The standard InChI is InChI=1S/C11H18O4/c1-3-10(12)15-9-6-4-8(5-7-9)11(13)14-2/h8-9H,3-7H2,1-2H3/t8-,9-. The summed E-state index contributed by atoms with van der Waals surface area (Å²) in [6, 6.07) is 0. The summed E-state index contributed by atoms with van der Waals surface area (Å²) in [5, 5.41) is 0. The molecule has 86 valence electrons. The predicted octanol–water partition coefficient (Wildman–Crippen LogP) is 1.67. The van der Waals surface area contributed by atoms with E-state index in [1.807, 2.05) is 0 Å². The van der Waals surface area contributed by atoms with Gasteiger partial charge < -0.3 is 9.47 Å². The molecule has 0 aliphatic heterocycles. The van der Waals surface area contributed by atoms with Crippen LogP contribution in [0.25, 0.3) is 0 Å². The molecule has 0 aromatic carbocycles. The monoisotopic (exact) mass is 214 g/mol. The van der Waals surface area contributed by atoms with Crippen LogP contribution in [0.5, 0.6) is 0 Å². The molecule has 0 N–H and O–H groups in total. The van der Waals surface area contributed by atoms with Crippen LogP contribution >= 0.6 is 0 Å². The minimum absolute atomic E-state index is 0.00152. The van der Waals surface area contributed by atoms with E-state index in [9.17, 15) is 9.59 Å². The molecule has 1 aliphatic carbocycles. The van der Waals surface area contributed by atoms with Crippen molar-refractivity contribution in [3.63, 3.8) is 0 Å². The van der Waals surface area contributed by atoms with Gasteiger partial charge in [-0.1, -0.05) is 6.92 Å². The highest BCUT2D eigenvalue weighted by Gasteiger charge is 2.28. The third-order valence-electron chi connectivity index (χ3n) is 2.80. The van der Waals surface area contributed by atoms with Gasteiger partial charge in [0.1, 0.15) is 6.10 Å². The lowest BCUT2D eigenvalue weighted by atomic mass is 9.87. The Morgan fingerprint density at radius 3 is 2.27 bits per heavy atom. The Bertz CT molecular complexity index is 229. The number of carbonyl (C=O) groups excluding carboxylic acids is 2. The van der Waals surface area contributed by atoms with Crippen molar-refractivity contribution in [1.82, 2.24) is 0 Å². The number of rotatable bonds is 3. The Balaban J connectivity index is 2.29. The SMILES string of the molecule is CCC(=O)O[C@H]1CC[C@H](C(=O)OC)CC1. The van der Waals surface area contributed by atoms with Gasteiger partial charge in [0.15, 0.2) is 0 Å². The van der Waals surface area contributed by atoms with Gasteiger partial charge >= 0.3 is 11.9 Å². The second-order valence-corrected chi connectivity index (χ2v) is 3.84. The van der Waals surface area contributed by atoms with Crippen molar-refractivity contribution in [2.45, 2.75) is 45.1 Å². The molecule has 0 radical (unpaired) electrons. The first kappa shape index (κ1) is 12.0. The molecular formula is C11H18O4. The van der Waals surface area contributed by atoms with E-state index >= 15 is 0 Å². The van der Waals surface area contributed by atoms with Gasteiger partial charge in [-0.15, -0.1) is 0 Å². The molecule has 1 fully saturated rings. The molecule has 4 heteroatoms. The second-order valence-electron chi connectivity index (χ2n) is 3.84. The third-order valence-corrected chi connectivity index (χ3v) is 2.80.